The largest absolute Gasteiger partial charge is 0.497 e. The van der Waals surface area contributed by atoms with Crippen molar-refractivity contribution in [2.75, 3.05) is 7.11 Å². The van der Waals surface area contributed by atoms with Gasteiger partial charge in [-0.2, -0.15) is 5.10 Å². The first kappa shape index (κ1) is 18.6. The van der Waals surface area contributed by atoms with Crippen LogP contribution < -0.4 is 15.5 Å². The Balaban J connectivity index is 1.87. The summed E-state index contributed by atoms with van der Waals surface area (Å²) in [5, 5.41) is 18.4. The Hall–Kier alpha value is -2.71. The summed E-state index contributed by atoms with van der Waals surface area (Å²) in [6.45, 7) is 0.517. The summed E-state index contributed by atoms with van der Waals surface area (Å²) in [5.41, 5.74) is 4.01. The molecule has 0 aliphatic heterocycles. The molecule has 2 N–H and O–H groups in total. The van der Waals surface area contributed by atoms with Crippen LogP contribution in [-0.4, -0.2) is 23.4 Å². The van der Waals surface area contributed by atoms with E-state index >= 15 is 0 Å². The number of hydrogen-bond donors (Lipinski definition) is 2. The van der Waals surface area contributed by atoms with Gasteiger partial charge in [-0.3, -0.25) is 15.5 Å². The summed E-state index contributed by atoms with van der Waals surface area (Å²) >= 11 is 11.1. The number of halogens is 1. The van der Waals surface area contributed by atoms with Gasteiger partial charge in [0.1, 0.15) is 5.75 Å². The van der Waals surface area contributed by atoms with Crippen molar-refractivity contribution in [3.63, 3.8) is 0 Å². The Morgan fingerprint density at radius 2 is 2.08 bits per heavy atom. The van der Waals surface area contributed by atoms with E-state index in [1.54, 1.807) is 7.11 Å². The van der Waals surface area contributed by atoms with Crippen LogP contribution in [0.5, 0.6) is 5.75 Å². The van der Waals surface area contributed by atoms with Gasteiger partial charge in [0.15, 0.2) is 5.11 Å². The van der Waals surface area contributed by atoms with Crippen LogP contribution >= 0.6 is 23.8 Å². The second-order valence-electron chi connectivity index (χ2n) is 4.86. The molecule has 0 bridgehead atoms. The molecule has 0 spiro atoms. The molecule has 7 nitrogen and oxygen atoms in total. The van der Waals surface area contributed by atoms with Gasteiger partial charge in [-0.1, -0.05) is 23.7 Å². The van der Waals surface area contributed by atoms with Crippen molar-refractivity contribution >= 4 is 40.8 Å². The molecule has 2 aromatic rings. The van der Waals surface area contributed by atoms with E-state index in [1.165, 1.54) is 24.4 Å². The van der Waals surface area contributed by atoms with Crippen LogP contribution in [0.4, 0.5) is 5.69 Å². The first-order valence-corrected chi connectivity index (χ1v) is 7.92. The van der Waals surface area contributed by atoms with Crippen molar-refractivity contribution < 1.29 is 9.66 Å². The fraction of sp³-hybridized carbons (Fsp3) is 0.125. The highest BCUT2D eigenvalue weighted by Gasteiger charge is 2.08. The van der Waals surface area contributed by atoms with Crippen molar-refractivity contribution in [1.82, 2.24) is 10.7 Å². The van der Waals surface area contributed by atoms with Gasteiger partial charge >= 0.3 is 0 Å². The second-order valence-corrected chi connectivity index (χ2v) is 5.68. The van der Waals surface area contributed by atoms with Crippen LogP contribution in [0.1, 0.15) is 11.1 Å². The molecule has 2 aromatic carbocycles. The van der Waals surface area contributed by atoms with Gasteiger partial charge in [0.2, 0.25) is 0 Å². The number of methoxy groups -OCH3 is 1. The highest BCUT2D eigenvalue weighted by Crippen LogP contribution is 2.20. The molecule has 0 heterocycles. The maximum atomic E-state index is 10.8. The monoisotopic (exact) mass is 378 g/mol. The zero-order valence-corrected chi connectivity index (χ0v) is 14.8. The van der Waals surface area contributed by atoms with Crippen LogP contribution in [0.2, 0.25) is 5.02 Å². The number of ether oxygens (including phenoxy) is 1. The molecule has 9 heteroatoms. The number of hydrazone groups is 1. The molecule has 0 atom stereocenters. The number of nitro groups is 1. The standard InChI is InChI=1S/C16H15ClN4O3S/c1-24-14-5-2-11(3-6-14)9-18-16(25)20-19-10-12-8-13(21(22)23)4-7-15(12)17/h2-8,10H,9H2,1H3,(H2,18,20,25)/b19-10-. The fourth-order valence-corrected chi connectivity index (χ4v) is 2.16. The molecule has 0 radical (unpaired) electrons. The Morgan fingerprint density at radius 1 is 1.36 bits per heavy atom. The van der Waals surface area contributed by atoms with Gasteiger partial charge in [0.05, 0.1) is 18.2 Å². The molecule has 25 heavy (non-hydrogen) atoms. The Morgan fingerprint density at radius 3 is 2.72 bits per heavy atom. The Labute approximate surface area is 154 Å². The Bertz CT molecular complexity index is 796. The molecule has 0 saturated heterocycles. The lowest BCUT2D eigenvalue weighted by Crippen LogP contribution is -2.31. The lowest BCUT2D eigenvalue weighted by atomic mass is 10.2. The van der Waals surface area contributed by atoms with Crippen LogP contribution in [-0.2, 0) is 6.54 Å². The molecule has 0 aliphatic carbocycles. The maximum absolute atomic E-state index is 10.8. The molecule has 0 unspecified atom stereocenters. The highest BCUT2D eigenvalue weighted by molar-refractivity contribution is 7.80. The topological polar surface area (TPSA) is 88.8 Å². The lowest BCUT2D eigenvalue weighted by Gasteiger charge is -2.07. The minimum Gasteiger partial charge on any atom is -0.497 e. The third-order valence-electron chi connectivity index (χ3n) is 3.17. The highest BCUT2D eigenvalue weighted by atomic mass is 35.5. The molecule has 0 aromatic heterocycles. The summed E-state index contributed by atoms with van der Waals surface area (Å²) in [7, 11) is 1.61. The van der Waals surface area contributed by atoms with Crippen LogP contribution in [0.3, 0.4) is 0 Å². The van der Waals surface area contributed by atoms with Gasteiger partial charge in [0.25, 0.3) is 5.69 Å². The summed E-state index contributed by atoms with van der Waals surface area (Å²) in [5.74, 6) is 0.780. The SMILES string of the molecule is COc1ccc(CNC(=S)N/N=C\c2cc([N+](=O)[O-])ccc2Cl)cc1. The van der Waals surface area contributed by atoms with Crippen LogP contribution in [0.25, 0.3) is 0 Å². The third-order valence-corrected chi connectivity index (χ3v) is 3.75. The average Bonchev–Trinajstić information content (AvgIpc) is 2.61. The van der Waals surface area contributed by atoms with E-state index in [2.05, 4.69) is 15.8 Å². The van der Waals surface area contributed by atoms with Crippen molar-refractivity contribution in [2.24, 2.45) is 5.10 Å². The maximum Gasteiger partial charge on any atom is 0.270 e. The molecule has 130 valence electrons. The summed E-state index contributed by atoms with van der Waals surface area (Å²) in [4.78, 5) is 10.3. The smallest absolute Gasteiger partial charge is 0.270 e. The predicted octanol–water partition coefficient (Wildman–Crippen LogP) is 3.26. The minimum absolute atomic E-state index is 0.0638. The third kappa shape index (κ3) is 5.70. The number of thiocarbonyl (C=S) groups is 1. The van der Waals surface area contributed by atoms with E-state index < -0.39 is 4.92 Å². The number of nitro benzene ring substituents is 1. The molecule has 0 saturated carbocycles. The predicted molar refractivity (Wildman–Crippen MR) is 101 cm³/mol. The van der Waals surface area contributed by atoms with E-state index in [4.69, 9.17) is 28.6 Å². The molecular formula is C16H15ClN4O3S. The van der Waals surface area contributed by atoms with Gasteiger partial charge < -0.3 is 10.1 Å². The molecule has 2 rings (SSSR count). The normalized spacial score (nSPS) is 10.5. The summed E-state index contributed by atoms with van der Waals surface area (Å²) in [6, 6.07) is 11.7. The van der Waals surface area contributed by atoms with E-state index in [1.807, 2.05) is 24.3 Å². The van der Waals surface area contributed by atoms with Crippen LogP contribution in [0.15, 0.2) is 47.6 Å². The summed E-state index contributed by atoms with van der Waals surface area (Å²) in [6.07, 6.45) is 1.37. The van der Waals surface area contributed by atoms with E-state index in [-0.39, 0.29) is 5.69 Å². The van der Waals surface area contributed by atoms with Crippen LogP contribution in [0, 0.1) is 10.1 Å². The number of benzene rings is 2. The number of nitrogens with one attached hydrogen (secondary N) is 2. The molecular weight excluding hydrogens is 364 g/mol. The minimum atomic E-state index is -0.498. The van der Waals surface area contributed by atoms with Gasteiger partial charge in [-0.15, -0.1) is 0 Å². The Kier molecular flexibility index (Phi) is 6.67. The number of non-ortho nitro benzene ring substituents is 1. The van der Waals surface area contributed by atoms with E-state index in [0.717, 1.165) is 11.3 Å². The lowest BCUT2D eigenvalue weighted by molar-refractivity contribution is -0.384. The first-order valence-electron chi connectivity index (χ1n) is 7.13. The van der Waals surface area contributed by atoms with Crippen molar-refractivity contribution in [3.05, 3.63) is 68.7 Å². The van der Waals surface area contributed by atoms with Crippen molar-refractivity contribution in [3.8, 4) is 5.75 Å². The second kappa shape index (κ2) is 8.95. The number of nitrogens with zero attached hydrogens (tertiary/aromatic N) is 2. The zero-order valence-electron chi connectivity index (χ0n) is 13.2. The average molecular weight is 379 g/mol. The summed E-state index contributed by atoms with van der Waals surface area (Å²) < 4.78 is 5.09. The van der Waals surface area contributed by atoms with Gasteiger partial charge in [-0.25, -0.2) is 0 Å². The zero-order chi connectivity index (χ0) is 18.2. The van der Waals surface area contributed by atoms with Gasteiger partial charge in [0, 0.05) is 29.3 Å². The first-order chi connectivity index (χ1) is 12.0. The quantitative estimate of drug-likeness (QED) is 0.347. The van der Waals surface area contributed by atoms with Crippen molar-refractivity contribution in [1.29, 1.82) is 0 Å². The van der Waals surface area contributed by atoms with Gasteiger partial charge in [-0.05, 0) is 36.0 Å². The van der Waals surface area contributed by atoms with E-state index in [9.17, 15) is 10.1 Å². The number of rotatable bonds is 6. The molecule has 0 fully saturated rings. The van der Waals surface area contributed by atoms with E-state index in [0.29, 0.717) is 22.2 Å². The number of hydrogen-bond acceptors (Lipinski definition) is 5. The fourth-order valence-electron chi connectivity index (χ4n) is 1.87. The molecule has 0 aliphatic rings. The van der Waals surface area contributed by atoms with Crippen molar-refractivity contribution in [2.45, 2.75) is 6.54 Å². The molecule has 0 amide bonds.